The molecule has 2 amide bonds. The van der Waals surface area contributed by atoms with Gasteiger partial charge in [0.05, 0.1) is 18.9 Å². The number of ether oxygens (including phenoxy) is 1. The maximum absolute atomic E-state index is 13.4. The van der Waals surface area contributed by atoms with Crippen molar-refractivity contribution in [2.75, 3.05) is 20.3 Å². The topological polar surface area (TPSA) is 200 Å². The number of hydrogen-bond donors (Lipinski definition) is 6. The monoisotopic (exact) mass is 648 g/mol. The standard InChI is InChI=1S/C34H52N2O10/c1-3-4-5-8-11-14-26(37)15-12-9-6-7-10-13-16-28(34(45,33(43)44)24-30(39)35-21-22-46-2)31(40)36-29(32(41)42)23-25-17-19-27(38)20-18-25/h13,16-20,28-29,38,45H,3-12,14-15,21-24H2,1-2H3,(H,35,39)(H,36,40)(H,41,42)(H,43,44)/b16-13+/t28-,29+,34+/m1/s1. The number of hydrogen-bond acceptors (Lipinski definition) is 8. The number of amides is 2. The number of unbranched alkanes of at least 4 members (excludes halogenated alkanes) is 8. The number of benzene rings is 1. The first-order chi connectivity index (χ1) is 21.9. The van der Waals surface area contributed by atoms with Gasteiger partial charge < -0.3 is 35.8 Å². The third kappa shape index (κ3) is 16.0. The first kappa shape index (κ1) is 40.3. The second-order valence-electron chi connectivity index (χ2n) is 11.6. The van der Waals surface area contributed by atoms with Crippen LogP contribution in [0.25, 0.3) is 0 Å². The summed E-state index contributed by atoms with van der Waals surface area (Å²) in [6.45, 7) is 2.35. The van der Waals surface area contributed by atoms with E-state index < -0.39 is 47.7 Å². The van der Waals surface area contributed by atoms with Gasteiger partial charge in [-0.05, 0) is 43.4 Å². The molecule has 12 heteroatoms. The van der Waals surface area contributed by atoms with Gasteiger partial charge in [-0.15, -0.1) is 0 Å². The molecule has 1 rings (SSSR count). The second-order valence-corrected chi connectivity index (χ2v) is 11.6. The first-order valence-corrected chi connectivity index (χ1v) is 16.1. The molecule has 3 atom stereocenters. The molecule has 0 unspecified atom stereocenters. The lowest BCUT2D eigenvalue weighted by atomic mass is 9.82. The fourth-order valence-electron chi connectivity index (χ4n) is 4.93. The molecular weight excluding hydrogens is 596 g/mol. The number of nitrogens with one attached hydrogen (secondary N) is 2. The quantitative estimate of drug-likeness (QED) is 0.0632. The molecule has 0 aromatic heterocycles. The number of phenolic OH excluding ortho intramolecular Hbond substituents is 1. The third-order valence-electron chi connectivity index (χ3n) is 7.68. The normalized spacial score (nSPS) is 13.9. The summed E-state index contributed by atoms with van der Waals surface area (Å²) in [7, 11) is 1.41. The lowest BCUT2D eigenvalue weighted by Crippen LogP contribution is -2.56. The number of aliphatic hydroxyl groups is 1. The van der Waals surface area contributed by atoms with Crippen LogP contribution in [0.2, 0.25) is 0 Å². The van der Waals surface area contributed by atoms with Gasteiger partial charge in [0.25, 0.3) is 0 Å². The largest absolute Gasteiger partial charge is 0.508 e. The zero-order valence-corrected chi connectivity index (χ0v) is 27.2. The van der Waals surface area contributed by atoms with Crippen LogP contribution in [0.1, 0.15) is 96.0 Å². The molecule has 0 radical (unpaired) electrons. The van der Waals surface area contributed by atoms with Gasteiger partial charge >= 0.3 is 11.9 Å². The van der Waals surface area contributed by atoms with Crippen molar-refractivity contribution < 1.29 is 49.1 Å². The molecule has 12 nitrogen and oxygen atoms in total. The van der Waals surface area contributed by atoms with Crippen molar-refractivity contribution in [2.45, 2.75) is 108 Å². The molecule has 1 aromatic carbocycles. The Kier molecular flexibility index (Phi) is 19.9. The van der Waals surface area contributed by atoms with Crippen molar-refractivity contribution in [1.82, 2.24) is 10.6 Å². The van der Waals surface area contributed by atoms with E-state index in [4.69, 9.17) is 4.74 Å². The molecule has 1 aromatic rings. The highest BCUT2D eigenvalue weighted by molar-refractivity contribution is 5.95. The van der Waals surface area contributed by atoms with Gasteiger partial charge in [-0.1, -0.05) is 69.7 Å². The molecule has 0 aliphatic carbocycles. The Morgan fingerprint density at radius 1 is 0.913 bits per heavy atom. The summed E-state index contributed by atoms with van der Waals surface area (Å²) in [5, 5.41) is 45.2. The van der Waals surface area contributed by atoms with Gasteiger partial charge in [0.1, 0.15) is 17.6 Å². The Labute approximate surface area is 271 Å². The van der Waals surface area contributed by atoms with E-state index in [1.54, 1.807) is 0 Å². The molecule has 0 bridgehead atoms. The number of methoxy groups -OCH3 is 1. The van der Waals surface area contributed by atoms with Gasteiger partial charge in [-0.25, -0.2) is 9.59 Å². The first-order valence-electron chi connectivity index (χ1n) is 16.1. The molecule has 0 saturated heterocycles. The lowest BCUT2D eigenvalue weighted by molar-refractivity contribution is -0.169. The van der Waals surface area contributed by atoms with Crippen molar-refractivity contribution in [3.8, 4) is 5.75 Å². The number of ketones is 1. The number of Topliss-reactive ketones (excluding diaryl/α,β-unsaturated/α-hetero) is 1. The van der Waals surface area contributed by atoms with Crippen LogP contribution in [0.15, 0.2) is 36.4 Å². The Bertz CT molecular complexity index is 1120. The summed E-state index contributed by atoms with van der Waals surface area (Å²) in [4.78, 5) is 62.3. The van der Waals surface area contributed by atoms with E-state index in [1.807, 2.05) is 0 Å². The Morgan fingerprint density at radius 3 is 2.09 bits per heavy atom. The van der Waals surface area contributed by atoms with Crippen LogP contribution in [0.4, 0.5) is 0 Å². The minimum Gasteiger partial charge on any atom is -0.508 e. The number of allylic oxidation sites excluding steroid dienone is 1. The number of carbonyl (C=O) groups excluding carboxylic acids is 3. The predicted octanol–water partition coefficient (Wildman–Crippen LogP) is 3.92. The highest BCUT2D eigenvalue weighted by Crippen LogP contribution is 2.26. The third-order valence-corrected chi connectivity index (χ3v) is 7.68. The maximum Gasteiger partial charge on any atom is 0.337 e. The molecule has 0 spiro atoms. The van der Waals surface area contributed by atoms with E-state index in [-0.39, 0.29) is 31.1 Å². The fraction of sp³-hybridized carbons (Fsp3) is 0.618. The molecule has 0 aliphatic rings. The van der Waals surface area contributed by atoms with Crippen LogP contribution in [0.5, 0.6) is 5.75 Å². The van der Waals surface area contributed by atoms with E-state index in [2.05, 4.69) is 17.6 Å². The Morgan fingerprint density at radius 2 is 1.52 bits per heavy atom. The maximum atomic E-state index is 13.4. The Balaban J connectivity index is 2.90. The molecule has 0 fully saturated rings. The van der Waals surface area contributed by atoms with E-state index in [0.717, 1.165) is 44.9 Å². The second kappa shape index (κ2) is 22.7. The van der Waals surface area contributed by atoms with Crippen molar-refractivity contribution >= 4 is 29.5 Å². The van der Waals surface area contributed by atoms with E-state index in [0.29, 0.717) is 31.2 Å². The fourth-order valence-corrected chi connectivity index (χ4v) is 4.93. The number of aliphatic carboxylic acids is 2. The molecule has 6 N–H and O–H groups in total. The summed E-state index contributed by atoms with van der Waals surface area (Å²) in [5.74, 6) is -6.67. The molecule has 258 valence electrons. The van der Waals surface area contributed by atoms with E-state index in [9.17, 15) is 44.4 Å². The van der Waals surface area contributed by atoms with Crippen LogP contribution in [-0.2, 0) is 35.1 Å². The number of carbonyl (C=O) groups is 5. The zero-order chi connectivity index (χ0) is 34.4. The molecule has 0 aliphatic heterocycles. The Hall–Kier alpha value is -3.77. The van der Waals surface area contributed by atoms with Crippen molar-refractivity contribution in [2.24, 2.45) is 5.92 Å². The van der Waals surface area contributed by atoms with Gasteiger partial charge in [-0.3, -0.25) is 14.4 Å². The minimum atomic E-state index is -2.88. The molecule has 0 heterocycles. The van der Waals surface area contributed by atoms with Crippen LogP contribution in [-0.4, -0.2) is 81.9 Å². The highest BCUT2D eigenvalue weighted by atomic mass is 16.5. The minimum absolute atomic E-state index is 0.0261. The van der Waals surface area contributed by atoms with E-state index >= 15 is 0 Å². The van der Waals surface area contributed by atoms with Crippen molar-refractivity contribution in [3.63, 3.8) is 0 Å². The summed E-state index contributed by atoms with van der Waals surface area (Å²) in [6, 6.07) is 4.20. The SMILES string of the molecule is CCCCCCCC(=O)CCCCCC/C=C/[C@H](C(=O)N[C@@H](Cc1ccc(O)cc1)C(=O)O)[C@@](O)(CC(=O)NCCOC)C(=O)O. The van der Waals surface area contributed by atoms with Gasteiger partial charge in [0, 0.05) is 32.9 Å². The van der Waals surface area contributed by atoms with Crippen LogP contribution in [0, 0.1) is 5.92 Å². The molecule has 46 heavy (non-hydrogen) atoms. The summed E-state index contributed by atoms with van der Waals surface area (Å²) in [6.07, 6.45) is 11.8. The number of carboxylic acid groups (broad SMARTS) is 2. The average Bonchev–Trinajstić information content (AvgIpc) is 3.00. The van der Waals surface area contributed by atoms with Crippen LogP contribution in [0.3, 0.4) is 0 Å². The number of carboxylic acids is 2. The average molecular weight is 649 g/mol. The number of phenols is 1. The smallest absolute Gasteiger partial charge is 0.337 e. The molecule has 0 saturated carbocycles. The van der Waals surface area contributed by atoms with Crippen LogP contribution >= 0.6 is 0 Å². The lowest BCUT2D eigenvalue weighted by Gasteiger charge is -2.30. The molecular formula is C34H52N2O10. The van der Waals surface area contributed by atoms with Crippen LogP contribution < -0.4 is 10.6 Å². The van der Waals surface area contributed by atoms with E-state index in [1.165, 1.54) is 49.9 Å². The predicted molar refractivity (Wildman–Crippen MR) is 172 cm³/mol. The van der Waals surface area contributed by atoms with Gasteiger partial charge in [0.2, 0.25) is 11.8 Å². The summed E-state index contributed by atoms with van der Waals surface area (Å²) in [5.41, 5.74) is -2.40. The number of aromatic hydroxyl groups is 1. The summed E-state index contributed by atoms with van der Waals surface area (Å²) < 4.78 is 4.86. The summed E-state index contributed by atoms with van der Waals surface area (Å²) >= 11 is 0. The van der Waals surface area contributed by atoms with Crippen molar-refractivity contribution in [3.05, 3.63) is 42.0 Å². The number of rotatable bonds is 26. The highest BCUT2D eigenvalue weighted by Gasteiger charge is 2.49. The van der Waals surface area contributed by atoms with Gasteiger partial charge in [-0.2, -0.15) is 0 Å². The van der Waals surface area contributed by atoms with Crippen molar-refractivity contribution in [1.29, 1.82) is 0 Å². The van der Waals surface area contributed by atoms with Gasteiger partial charge in [0.15, 0.2) is 5.60 Å². The zero-order valence-electron chi connectivity index (χ0n) is 27.2.